The first-order valence-electron chi connectivity index (χ1n) is 6.99. The van der Waals surface area contributed by atoms with E-state index >= 15 is 0 Å². The Morgan fingerprint density at radius 3 is 2.25 bits per heavy atom. The van der Waals surface area contributed by atoms with Crippen LogP contribution in [0.4, 0.5) is 23.2 Å². The minimum Gasteiger partial charge on any atom is -0.431 e. The van der Waals surface area contributed by atoms with Crippen LogP contribution in [0.5, 0.6) is 11.5 Å². The second-order valence-electron chi connectivity index (χ2n) is 4.61. The summed E-state index contributed by atoms with van der Waals surface area (Å²) in [5.41, 5.74) is 1.75. The number of aliphatic hydroxyl groups excluding tert-OH is 1. The zero-order valence-corrected chi connectivity index (χ0v) is 12.4. The fourth-order valence-corrected chi connectivity index (χ4v) is 2.14. The molecule has 0 aromatic heterocycles. The van der Waals surface area contributed by atoms with Crippen LogP contribution in [0.3, 0.4) is 0 Å². The Labute approximate surface area is 135 Å². The molecule has 0 fully saturated rings. The molecular formula is C16H15F4NO3. The van der Waals surface area contributed by atoms with Crippen LogP contribution in [-0.4, -0.2) is 31.5 Å². The van der Waals surface area contributed by atoms with Crippen molar-refractivity contribution in [2.75, 3.05) is 18.5 Å². The average molecular weight is 345 g/mol. The predicted octanol–water partition coefficient (Wildman–Crippen LogP) is 3.96. The lowest BCUT2D eigenvalue weighted by atomic mass is 10.0. The maximum absolute atomic E-state index is 12.5. The van der Waals surface area contributed by atoms with E-state index in [9.17, 15) is 17.6 Å². The summed E-state index contributed by atoms with van der Waals surface area (Å²) in [4.78, 5) is 0. The predicted molar refractivity (Wildman–Crippen MR) is 80.7 cm³/mol. The van der Waals surface area contributed by atoms with Crippen molar-refractivity contribution in [1.29, 1.82) is 0 Å². The molecule has 0 aliphatic heterocycles. The number of ether oxygens (including phenoxy) is 2. The van der Waals surface area contributed by atoms with Gasteiger partial charge in [0.25, 0.3) is 0 Å². The summed E-state index contributed by atoms with van der Waals surface area (Å²) in [6.45, 7) is -6.13. The van der Waals surface area contributed by atoms with Crippen molar-refractivity contribution in [2.24, 2.45) is 0 Å². The highest BCUT2D eigenvalue weighted by atomic mass is 19.3. The van der Waals surface area contributed by atoms with E-state index in [2.05, 4.69) is 14.8 Å². The third kappa shape index (κ3) is 4.76. The lowest BCUT2D eigenvalue weighted by Crippen LogP contribution is -2.08. The minimum atomic E-state index is -3.18. The van der Waals surface area contributed by atoms with E-state index in [0.29, 0.717) is 23.4 Å². The fourth-order valence-electron chi connectivity index (χ4n) is 2.14. The van der Waals surface area contributed by atoms with Crippen molar-refractivity contribution in [3.05, 3.63) is 42.5 Å². The first-order valence-corrected chi connectivity index (χ1v) is 6.99. The normalized spacial score (nSPS) is 11.0. The van der Waals surface area contributed by atoms with E-state index < -0.39 is 24.7 Å². The molecule has 0 heterocycles. The molecule has 2 rings (SSSR count). The van der Waals surface area contributed by atoms with E-state index in [0.717, 1.165) is 6.07 Å². The summed E-state index contributed by atoms with van der Waals surface area (Å²) in [6.07, 6.45) is 0. The SMILES string of the molecule is OCCNc1ccccc1-c1ccc(OC(F)F)c(OC(F)F)c1. The van der Waals surface area contributed by atoms with Gasteiger partial charge in [0.05, 0.1) is 6.61 Å². The first-order chi connectivity index (χ1) is 11.5. The molecule has 0 atom stereocenters. The van der Waals surface area contributed by atoms with Crippen molar-refractivity contribution in [3.8, 4) is 22.6 Å². The maximum Gasteiger partial charge on any atom is 0.387 e. The van der Waals surface area contributed by atoms with E-state index in [1.165, 1.54) is 12.1 Å². The number of alkyl halides is 4. The summed E-state index contributed by atoms with van der Waals surface area (Å²) in [5.74, 6) is -0.963. The van der Waals surface area contributed by atoms with Gasteiger partial charge < -0.3 is 19.9 Å². The summed E-state index contributed by atoms with van der Waals surface area (Å²) < 4.78 is 58.2. The van der Waals surface area contributed by atoms with Gasteiger partial charge in [-0.3, -0.25) is 0 Å². The largest absolute Gasteiger partial charge is 0.431 e. The van der Waals surface area contributed by atoms with Crippen molar-refractivity contribution in [3.63, 3.8) is 0 Å². The number of hydrogen-bond acceptors (Lipinski definition) is 4. The third-order valence-corrected chi connectivity index (χ3v) is 3.04. The monoisotopic (exact) mass is 345 g/mol. The molecule has 0 bridgehead atoms. The summed E-state index contributed by atoms with van der Waals surface area (Å²) >= 11 is 0. The molecule has 8 heteroatoms. The molecule has 24 heavy (non-hydrogen) atoms. The third-order valence-electron chi connectivity index (χ3n) is 3.04. The minimum absolute atomic E-state index is 0.0881. The molecule has 0 amide bonds. The van der Waals surface area contributed by atoms with Gasteiger partial charge in [0.2, 0.25) is 0 Å². The molecular weight excluding hydrogens is 330 g/mol. The summed E-state index contributed by atoms with van der Waals surface area (Å²) in [6, 6.07) is 10.7. The lowest BCUT2D eigenvalue weighted by molar-refractivity contribution is -0.0691. The number of rotatable bonds is 8. The summed E-state index contributed by atoms with van der Waals surface area (Å²) in [5, 5.41) is 11.9. The smallest absolute Gasteiger partial charge is 0.387 e. The molecule has 0 spiro atoms. The highest BCUT2D eigenvalue weighted by Gasteiger charge is 2.16. The van der Waals surface area contributed by atoms with Crippen LogP contribution >= 0.6 is 0 Å². The molecule has 0 radical (unpaired) electrons. The van der Waals surface area contributed by atoms with Crippen LogP contribution in [0.1, 0.15) is 0 Å². The van der Waals surface area contributed by atoms with Crippen molar-refractivity contribution in [2.45, 2.75) is 13.2 Å². The van der Waals surface area contributed by atoms with Crippen LogP contribution in [0.2, 0.25) is 0 Å². The Morgan fingerprint density at radius 1 is 0.917 bits per heavy atom. The van der Waals surface area contributed by atoms with E-state index in [-0.39, 0.29) is 6.61 Å². The zero-order chi connectivity index (χ0) is 17.5. The molecule has 130 valence electrons. The van der Waals surface area contributed by atoms with Crippen LogP contribution in [0.15, 0.2) is 42.5 Å². The van der Waals surface area contributed by atoms with Gasteiger partial charge in [-0.1, -0.05) is 24.3 Å². The second-order valence-corrected chi connectivity index (χ2v) is 4.61. The highest BCUT2D eigenvalue weighted by molar-refractivity contribution is 5.79. The number of anilines is 1. The van der Waals surface area contributed by atoms with Crippen molar-refractivity contribution >= 4 is 5.69 Å². The fraction of sp³-hybridized carbons (Fsp3) is 0.250. The van der Waals surface area contributed by atoms with E-state index in [1.807, 2.05) is 0 Å². The quantitative estimate of drug-likeness (QED) is 0.711. The van der Waals surface area contributed by atoms with Gasteiger partial charge in [0.15, 0.2) is 11.5 Å². The number of halogens is 4. The molecule has 2 aromatic carbocycles. The molecule has 4 nitrogen and oxygen atoms in total. The Hall–Kier alpha value is -2.48. The zero-order valence-electron chi connectivity index (χ0n) is 12.4. The van der Waals surface area contributed by atoms with Gasteiger partial charge in [0, 0.05) is 17.8 Å². The van der Waals surface area contributed by atoms with E-state index in [4.69, 9.17) is 5.11 Å². The van der Waals surface area contributed by atoms with Crippen LogP contribution < -0.4 is 14.8 Å². The second kappa shape index (κ2) is 8.39. The molecule has 2 N–H and O–H groups in total. The van der Waals surface area contributed by atoms with Crippen LogP contribution in [0, 0.1) is 0 Å². The Bertz CT molecular complexity index is 668. The van der Waals surface area contributed by atoms with E-state index in [1.54, 1.807) is 24.3 Å². The average Bonchev–Trinajstić information content (AvgIpc) is 2.54. The Balaban J connectivity index is 2.40. The maximum atomic E-state index is 12.5. The van der Waals surface area contributed by atoms with Crippen LogP contribution in [-0.2, 0) is 0 Å². The number of benzene rings is 2. The molecule has 2 aromatic rings. The molecule has 0 aliphatic carbocycles. The van der Waals surface area contributed by atoms with Crippen LogP contribution in [0.25, 0.3) is 11.1 Å². The van der Waals surface area contributed by atoms with Crippen molar-refractivity contribution in [1.82, 2.24) is 0 Å². The first kappa shape index (κ1) is 17.9. The Morgan fingerprint density at radius 2 is 1.58 bits per heavy atom. The van der Waals surface area contributed by atoms with Gasteiger partial charge in [-0.2, -0.15) is 17.6 Å². The lowest BCUT2D eigenvalue weighted by Gasteiger charge is -2.15. The molecule has 0 unspecified atom stereocenters. The van der Waals surface area contributed by atoms with Gasteiger partial charge in [-0.05, 0) is 23.8 Å². The molecule has 0 saturated heterocycles. The van der Waals surface area contributed by atoms with Gasteiger partial charge in [-0.15, -0.1) is 0 Å². The summed E-state index contributed by atoms with van der Waals surface area (Å²) in [7, 11) is 0. The molecule has 0 aliphatic rings. The topological polar surface area (TPSA) is 50.7 Å². The molecule has 0 saturated carbocycles. The van der Waals surface area contributed by atoms with Gasteiger partial charge >= 0.3 is 13.2 Å². The Kier molecular flexibility index (Phi) is 6.25. The number of nitrogens with one attached hydrogen (secondary N) is 1. The highest BCUT2D eigenvalue weighted by Crippen LogP contribution is 2.37. The van der Waals surface area contributed by atoms with Gasteiger partial charge in [0.1, 0.15) is 0 Å². The standard InChI is InChI=1S/C16H15F4NO3/c17-15(18)23-13-6-5-10(9-14(13)24-16(19)20)11-3-1-2-4-12(11)21-7-8-22/h1-6,9,15-16,21-22H,7-8H2. The van der Waals surface area contributed by atoms with Gasteiger partial charge in [-0.25, -0.2) is 0 Å². The number of hydrogen-bond donors (Lipinski definition) is 2. The number of para-hydroxylation sites is 1. The number of aliphatic hydroxyl groups is 1. The van der Waals surface area contributed by atoms with Crippen molar-refractivity contribution < 1.29 is 32.1 Å².